The minimum absolute atomic E-state index is 0.218. The number of methoxy groups -OCH3 is 1. The van der Waals surface area contributed by atoms with Crippen LogP contribution < -0.4 is 15.4 Å². The Labute approximate surface area is 138 Å². The molecule has 0 saturated carbocycles. The van der Waals surface area contributed by atoms with Crippen molar-refractivity contribution in [2.75, 3.05) is 20.3 Å². The second kappa shape index (κ2) is 8.27. The second-order valence-corrected chi connectivity index (χ2v) is 5.06. The predicted octanol–water partition coefficient (Wildman–Crippen LogP) is 0.459. The van der Waals surface area contributed by atoms with E-state index in [9.17, 15) is 4.79 Å². The first-order valence-corrected chi connectivity index (χ1v) is 7.34. The van der Waals surface area contributed by atoms with Crippen LogP contribution in [-0.2, 0) is 0 Å². The van der Waals surface area contributed by atoms with Gasteiger partial charge in [-0.15, -0.1) is 0 Å². The number of carbonyl (C=O) groups is 1. The van der Waals surface area contributed by atoms with E-state index < -0.39 is 18.1 Å². The number of ether oxygens (including phenoxy) is 1. The van der Waals surface area contributed by atoms with Gasteiger partial charge in [0.25, 0.3) is 0 Å². The van der Waals surface area contributed by atoms with Crippen LogP contribution in [0.15, 0.2) is 28.8 Å². The molecule has 1 aromatic heterocycles. The molecule has 0 aliphatic carbocycles. The number of benzene rings is 1. The number of para-hydroxylation sites is 1. The summed E-state index contributed by atoms with van der Waals surface area (Å²) in [5.74, 6) is 1.17. The Morgan fingerprint density at radius 3 is 2.67 bits per heavy atom. The van der Waals surface area contributed by atoms with Gasteiger partial charge in [0.15, 0.2) is 0 Å². The fourth-order valence-electron chi connectivity index (χ4n) is 1.98. The van der Waals surface area contributed by atoms with Crippen LogP contribution >= 0.6 is 0 Å². The monoisotopic (exact) mass is 336 g/mol. The van der Waals surface area contributed by atoms with Crippen molar-refractivity contribution in [3.05, 3.63) is 30.2 Å². The van der Waals surface area contributed by atoms with Crippen LogP contribution in [0.1, 0.15) is 18.9 Å². The normalized spacial score (nSPS) is 12.0. The first kappa shape index (κ1) is 17.7. The summed E-state index contributed by atoms with van der Waals surface area (Å²) in [7, 11) is 1.55. The van der Waals surface area contributed by atoms with Crippen LogP contribution in [0.2, 0.25) is 0 Å². The zero-order valence-electron chi connectivity index (χ0n) is 13.4. The highest BCUT2D eigenvalue weighted by Gasteiger charge is 2.20. The Morgan fingerprint density at radius 1 is 1.29 bits per heavy atom. The molecule has 0 saturated heterocycles. The van der Waals surface area contributed by atoms with E-state index in [1.807, 2.05) is 12.1 Å². The molecule has 0 aliphatic heterocycles. The maximum absolute atomic E-state index is 11.8. The summed E-state index contributed by atoms with van der Waals surface area (Å²) in [6, 6.07) is 5.38. The molecule has 1 unspecified atom stereocenters. The molecule has 1 aromatic carbocycles. The summed E-state index contributed by atoms with van der Waals surface area (Å²) in [4.78, 5) is 16.0. The van der Waals surface area contributed by atoms with E-state index >= 15 is 0 Å². The number of rotatable bonds is 7. The lowest BCUT2D eigenvalue weighted by Crippen LogP contribution is -2.46. The standard InChI is InChI=1S/C15H20N4O5/c1-9(16-15(22)17-10(7-20)8-21)14-18-13(19-24-14)11-5-3-4-6-12(11)23-2/h3-6,9-10,20-21H,7-8H2,1-2H3,(H2,16,17,22). The molecular weight excluding hydrogens is 316 g/mol. The number of carbonyl (C=O) groups excluding carboxylic acids is 1. The van der Waals surface area contributed by atoms with Gasteiger partial charge < -0.3 is 30.1 Å². The number of nitrogens with zero attached hydrogens (tertiary/aromatic N) is 2. The third-order valence-corrected chi connectivity index (χ3v) is 3.28. The highest BCUT2D eigenvalue weighted by molar-refractivity contribution is 5.74. The topological polar surface area (TPSA) is 130 Å². The molecule has 9 heteroatoms. The maximum atomic E-state index is 11.8. The minimum Gasteiger partial charge on any atom is -0.496 e. The summed E-state index contributed by atoms with van der Waals surface area (Å²) in [6.07, 6.45) is 0. The summed E-state index contributed by atoms with van der Waals surface area (Å²) in [5, 5.41) is 26.8. The molecule has 0 radical (unpaired) electrons. The average Bonchev–Trinajstić information content (AvgIpc) is 3.09. The van der Waals surface area contributed by atoms with Crippen LogP contribution in [0.3, 0.4) is 0 Å². The highest BCUT2D eigenvalue weighted by Crippen LogP contribution is 2.27. The Balaban J connectivity index is 2.06. The molecule has 0 bridgehead atoms. The van der Waals surface area contributed by atoms with Gasteiger partial charge in [-0.2, -0.15) is 4.98 Å². The fraction of sp³-hybridized carbons (Fsp3) is 0.400. The van der Waals surface area contributed by atoms with Crippen molar-refractivity contribution in [3.8, 4) is 17.1 Å². The Kier molecular flexibility index (Phi) is 6.10. The van der Waals surface area contributed by atoms with Gasteiger partial charge in [-0.25, -0.2) is 4.79 Å². The van der Waals surface area contributed by atoms with Crippen LogP contribution in [-0.4, -0.2) is 52.8 Å². The van der Waals surface area contributed by atoms with Gasteiger partial charge in [0, 0.05) is 0 Å². The molecular formula is C15H20N4O5. The van der Waals surface area contributed by atoms with Crippen LogP contribution in [0.5, 0.6) is 5.75 Å². The second-order valence-electron chi connectivity index (χ2n) is 5.06. The first-order valence-electron chi connectivity index (χ1n) is 7.34. The van der Waals surface area contributed by atoms with E-state index in [0.29, 0.717) is 17.1 Å². The van der Waals surface area contributed by atoms with E-state index in [-0.39, 0.29) is 19.1 Å². The van der Waals surface area contributed by atoms with Gasteiger partial charge >= 0.3 is 6.03 Å². The van der Waals surface area contributed by atoms with Crippen molar-refractivity contribution in [1.29, 1.82) is 0 Å². The Hall–Kier alpha value is -2.65. The fourth-order valence-corrected chi connectivity index (χ4v) is 1.98. The van der Waals surface area contributed by atoms with Crippen LogP contribution in [0.4, 0.5) is 4.79 Å². The third kappa shape index (κ3) is 4.21. The molecule has 0 spiro atoms. The number of amides is 2. The molecule has 0 aliphatic rings. The van der Waals surface area contributed by atoms with E-state index in [1.54, 1.807) is 26.2 Å². The molecule has 4 N–H and O–H groups in total. The summed E-state index contributed by atoms with van der Waals surface area (Å²) < 4.78 is 10.4. The highest BCUT2D eigenvalue weighted by atomic mass is 16.5. The van der Waals surface area contributed by atoms with Crippen molar-refractivity contribution in [1.82, 2.24) is 20.8 Å². The molecule has 130 valence electrons. The van der Waals surface area contributed by atoms with E-state index in [2.05, 4.69) is 20.8 Å². The van der Waals surface area contributed by atoms with Crippen molar-refractivity contribution >= 4 is 6.03 Å². The number of aliphatic hydroxyl groups is 2. The van der Waals surface area contributed by atoms with E-state index in [1.165, 1.54) is 0 Å². The van der Waals surface area contributed by atoms with Crippen LogP contribution in [0, 0.1) is 0 Å². The zero-order chi connectivity index (χ0) is 17.5. The van der Waals surface area contributed by atoms with Gasteiger partial charge in [-0.05, 0) is 19.1 Å². The van der Waals surface area contributed by atoms with Gasteiger partial charge in [-0.1, -0.05) is 17.3 Å². The number of hydrogen-bond acceptors (Lipinski definition) is 7. The smallest absolute Gasteiger partial charge is 0.315 e. The van der Waals surface area contributed by atoms with Crippen LogP contribution in [0.25, 0.3) is 11.4 Å². The van der Waals surface area contributed by atoms with E-state index in [4.69, 9.17) is 19.5 Å². The van der Waals surface area contributed by atoms with Gasteiger partial charge in [0.2, 0.25) is 11.7 Å². The number of nitrogens with one attached hydrogen (secondary N) is 2. The molecule has 2 rings (SSSR count). The molecule has 9 nitrogen and oxygen atoms in total. The summed E-state index contributed by atoms with van der Waals surface area (Å²) >= 11 is 0. The molecule has 1 atom stereocenters. The predicted molar refractivity (Wildman–Crippen MR) is 84.3 cm³/mol. The number of aliphatic hydroxyl groups excluding tert-OH is 2. The molecule has 2 amide bonds. The Bertz CT molecular complexity index is 671. The largest absolute Gasteiger partial charge is 0.496 e. The molecule has 0 fully saturated rings. The average molecular weight is 336 g/mol. The zero-order valence-corrected chi connectivity index (χ0v) is 13.4. The third-order valence-electron chi connectivity index (χ3n) is 3.28. The van der Waals surface area contributed by atoms with Crippen molar-refractivity contribution < 1.29 is 24.3 Å². The lowest BCUT2D eigenvalue weighted by atomic mass is 10.2. The van der Waals surface area contributed by atoms with Gasteiger partial charge in [-0.3, -0.25) is 0 Å². The summed E-state index contributed by atoms with van der Waals surface area (Å²) in [6.45, 7) is 0.944. The van der Waals surface area contributed by atoms with Crippen molar-refractivity contribution in [3.63, 3.8) is 0 Å². The Morgan fingerprint density at radius 2 is 2.00 bits per heavy atom. The molecule has 1 heterocycles. The van der Waals surface area contributed by atoms with Gasteiger partial charge in [0.05, 0.1) is 31.9 Å². The lowest BCUT2D eigenvalue weighted by molar-refractivity contribution is 0.167. The molecule has 24 heavy (non-hydrogen) atoms. The summed E-state index contributed by atoms with van der Waals surface area (Å²) in [5.41, 5.74) is 0.673. The van der Waals surface area contributed by atoms with Gasteiger partial charge in [0.1, 0.15) is 11.8 Å². The van der Waals surface area contributed by atoms with Crippen molar-refractivity contribution in [2.24, 2.45) is 0 Å². The van der Waals surface area contributed by atoms with E-state index in [0.717, 1.165) is 0 Å². The quantitative estimate of drug-likeness (QED) is 0.578. The molecule has 2 aromatic rings. The number of urea groups is 1. The minimum atomic E-state index is -0.732. The first-order chi connectivity index (χ1) is 11.6. The lowest BCUT2D eigenvalue weighted by Gasteiger charge is -2.16. The maximum Gasteiger partial charge on any atom is 0.315 e. The van der Waals surface area contributed by atoms with Crippen molar-refractivity contribution in [2.45, 2.75) is 19.0 Å². The number of aromatic nitrogens is 2. The number of hydrogen-bond donors (Lipinski definition) is 4. The SMILES string of the molecule is COc1ccccc1-c1noc(C(C)NC(=O)NC(CO)CO)n1.